The molecule has 0 saturated heterocycles. The molecule has 0 N–H and O–H groups in total. The van der Waals surface area contributed by atoms with Crippen molar-refractivity contribution in [1.29, 1.82) is 0 Å². The predicted octanol–water partition coefficient (Wildman–Crippen LogP) is 8.86. The molecule has 1 aliphatic heterocycles. The maximum Gasteiger partial charge on any atom is 0.311 e. The molecule has 0 aromatic heterocycles. The van der Waals surface area contributed by atoms with E-state index in [1.165, 1.54) is 100 Å². The van der Waals surface area contributed by atoms with E-state index >= 15 is 0 Å². The van der Waals surface area contributed by atoms with Gasteiger partial charge in [0.1, 0.15) is 5.75 Å². The second-order valence-corrected chi connectivity index (χ2v) is 10.7. The van der Waals surface area contributed by atoms with Crippen molar-refractivity contribution in [3.8, 4) is 5.75 Å². The van der Waals surface area contributed by atoms with E-state index < -0.39 is 0 Å². The molecule has 31 heavy (non-hydrogen) atoms. The van der Waals surface area contributed by atoms with E-state index in [0.717, 1.165) is 25.0 Å². The monoisotopic (exact) mass is 428 g/mol. The molecule has 0 spiro atoms. The van der Waals surface area contributed by atoms with Gasteiger partial charge in [0.25, 0.3) is 0 Å². The lowest BCUT2D eigenvalue weighted by molar-refractivity contribution is -0.134. The molecule has 0 saturated carbocycles. The highest BCUT2D eigenvalue weighted by atomic mass is 16.5. The van der Waals surface area contributed by atoms with Crippen LogP contribution in [0.2, 0.25) is 0 Å². The lowest BCUT2D eigenvalue weighted by Crippen LogP contribution is -2.16. The van der Waals surface area contributed by atoms with Gasteiger partial charge in [0.15, 0.2) is 0 Å². The molecular formula is C29H48O2. The molecular weight excluding hydrogens is 380 g/mol. The molecule has 1 aliphatic rings. The van der Waals surface area contributed by atoms with Crippen LogP contribution in [0.1, 0.15) is 141 Å². The molecule has 0 fully saturated rings. The lowest BCUT2D eigenvalue weighted by atomic mass is 9.83. The zero-order valence-corrected chi connectivity index (χ0v) is 21.0. The Hall–Kier alpha value is -1.31. The Labute approximate surface area is 192 Å². The maximum absolute atomic E-state index is 12.1. The number of benzene rings is 1. The first-order chi connectivity index (χ1) is 14.9. The van der Waals surface area contributed by atoms with Crippen LogP contribution < -0.4 is 4.74 Å². The van der Waals surface area contributed by atoms with E-state index in [4.69, 9.17) is 4.74 Å². The average molecular weight is 429 g/mol. The summed E-state index contributed by atoms with van der Waals surface area (Å²) < 4.78 is 5.84. The van der Waals surface area contributed by atoms with Crippen LogP contribution in [0.4, 0.5) is 0 Å². The van der Waals surface area contributed by atoms with Crippen LogP contribution in [0.3, 0.4) is 0 Å². The first-order valence-electron chi connectivity index (χ1n) is 13.3. The van der Waals surface area contributed by atoms with Gasteiger partial charge in [0, 0.05) is 12.0 Å². The Morgan fingerprint density at radius 1 is 0.774 bits per heavy atom. The van der Waals surface area contributed by atoms with Crippen molar-refractivity contribution in [2.24, 2.45) is 0 Å². The summed E-state index contributed by atoms with van der Waals surface area (Å²) in [6.45, 7) is 8.89. The summed E-state index contributed by atoms with van der Waals surface area (Å²) >= 11 is 0. The topological polar surface area (TPSA) is 26.3 Å². The van der Waals surface area contributed by atoms with Crippen molar-refractivity contribution >= 4 is 5.97 Å². The van der Waals surface area contributed by atoms with Crippen molar-refractivity contribution < 1.29 is 9.53 Å². The van der Waals surface area contributed by atoms with Gasteiger partial charge >= 0.3 is 5.97 Å². The molecule has 0 unspecified atom stereocenters. The van der Waals surface area contributed by atoms with Gasteiger partial charge in [-0.25, -0.2) is 0 Å². The third kappa shape index (κ3) is 9.38. The van der Waals surface area contributed by atoms with E-state index in [-0.39, 0.29) is 11.4 Å². The summed E-state index contributed by atoms with van der Waals surface area (Å²) in [5, 5.41) is 0. The number of unbranched alkanes of at least 4 members (excludes halogenated alkanes) is 12. The van der Waals surface area contributed by atoms with Gasteiger partial charge in [-0.15, -0.1) is 0 Å². The predicted molar refractivity (Wildman–Crippen MR) is 133 cm³/mol. The highest BCUT2D eigenvalue weighted by Crippen LogP contribution is 2.38. The smallest absolute Gasteiger partial charge is 0.311 e. The zero-order valence-electron chi connectivity index (χ0n) is 21.0. The van der Waals surface area contributed by atoms with E-state index in [1.807, 2.05) is 0 Å². The summed E-state index contributed by atoms with van der Waals surface area (Å²) in [7, 11) is 0. The van der Waals surface area contributed by atoms with E-state index in [9.17, 15) is 4.79 Å². The minimum absolute atomic E-state index is 0.0112. The van der Waals surface area contributed by atoms with E-state index in [0.29, 0.717) is 6.42 Å². The van der Waals surface area contributed by atoms with Crippen molar-refractivity contribution in [2.45, 2.75) is 142 Å². The van der Waals surface area contributed by atoms with Crippen LogP contribution in [0, 0.1) is 0 Å². The number of carbonyl (C=O) groups excluding carboxylic acids is 1. The second-order valence-electron chi connectivity index (χ2n) is 10.7. The summed E-state index contributed by atoms with van der Waals surface area (Å²) in [4.78, 5) is 12.1. The molecule has 0 radical (unpaired) electrons. The molecule has 176 valence electrons. The van der Waals surface area contributed by atoms with Gasteiger partial charge < -0.3 is 4.74 Å². The van der Waals surface area contributed by atoms with Crippen LogP contribution in [0.5, 0.6) is 5.75 Å². The van der Waals surface area contributed by atoms with Crippen LogP contribution in [0.15, 0.2) is 12.1 Å². The van der Waals surface area contributed by atoms with Crippen LogP contribution in [-0.4, -0.2) is 5.97 Å². The van der Waals surface area contributed by atoms with Crippen LogP contribution in [0.25, 0.3) is 0 Å². The Morgan fingerprint density at radius 3 is 1.87 bits per heavy atom. The minimum atomic E-state index is -0.0673. The number of carbonyl (C=O) groups is 1. The standard InChI is InChI=1S/C29H48O2/c1-5-6-7-8-9-10-11-12-13-14-15-16-17-19-24-22-23-26(29(2,3)4)28-25(24)20-18-21-27(30)31-28/h22-23H,5-21H2,1-4H3. The highest BCUT2D eigenvalue weighted by Gasteiger charge is 2.26. The number of ether oxygens (including phenoxy) is 1. The molecule has 1 aromatic carbocycles. The fourth-order valence-corrected chi connectivity index (χ4v) is 4.79. The van der Waals surface area contributed by atoms with Gasteiger partial charge in [0.05, 0.1) is 0 Å². The first kappa shape index (κ1) is 25.9. The molecule has 2 heteroatoms. The van der Waals surface area contributed by atoms with Gasteiger partial charge in [-0.05, 0) is 42.2 Å². The average Bonchev–Trinajstić information content (AvgIpc) is 2.91. The molecule has 1 aromatic rings. The van der Waals surface area contributed by atoms with E-state index in [2.05, 4.69) is 39.8 Å². The Kier molecular flexibility index (Phi) is 11.7. The van der Waals surface area contributed by atoms with Crippen molar-refractivity contribution in [3.05, 3.63) is 28.8 Å². The van der Waals surface area contributed by atoms with Gasteiger partial charge in [-0.3, -0.25) is 4.79 Å². The number of hydrogen-bond donors (Lipinski definition) is 0. The summed E-state index contributed by atoms with van der Waals surface area (Å²) in [5.41, 5.74) is 3.87. The van der Waals surface area contributed by atoms with Gasteiger partial charge in [0.2, 0.25) is 0 Å². The number of rotatable bonds is 14. The SMILES string of the molecule is CCCCCCCCCCCCCCCc1ccc(C(C)(C)C)c2c1CCCC(=O)O2. The minimum Gasteiger partial charge on any atom is -0.426 e. The molecule has 2 nitrogen and oxygen atoms in total. The van der Waals surface area contributed by atoms with Gasteiger partial charge in [-0.2, -0.15) is 0 Å². The quantitative estimate of drug-likeness (QED) is 0.168. The fraction of sp³-hybridized carbons (Fsp3) is 0.759. The normalized spacial score (nSPS) is 14.3. The zero-order chi connectivity index (χ0) is 22.5. The summed E-state index contributed by atoms with van der Waals surface area (Å²) in [6.07, 6.45) is 21.6. The Balaban J connectivity index is 1.70. The summed E-state index contributed by atoms with van der Waals surface area (Å²) in [6, 6.07) is 4.51. The first-order valence-corrected chi connectivity index (χ1v) is 13.3. The molecule has 2 rings (SSSR count). The van der Waals surface area contributed by atoms with Crippen molar-refractivity contribution in [2.75, 3.05) is 0 Å². The second kappa shape index (κ2) is 14.0. The van der Waals surface area contributed by atoms with Crippen molar-refractivity contribution in [1.82, 2.24) is 0 Å². The third-order valence-corrected chi connectivity index (χ3v) is 6.74. The molecule has 0 aliphatic carbocycles. The highest BCUT2D eigenvalue weighted by molar-refractivity contribution is 5.74. The fourth-order valence-electron chi connectivity index (χ4n) is 4.79. The number of hydrogen-bond acceptors (Lipinski definition) is 2. The largest absolute Gasteiger partial charge is 0.426 e. The lowest BCUT2D eigenvalue weighted by Gasteiger charge is -2.25. The Morgan fingerprint density at radius 2 is 1.32 bits per heavy atom. The summed E-state index contributed by atoms with van der Waals surface area (Å²) in [5.74, 6) is 0.810. The molecule has 1 heterocycles. The number of fused-ring (bicyclic) bond motifs is 1. The number of aryl methyl sites for hydroxylation is 1. The molecule has 0 bridgehead atoms. The van der Waals surface area contributed by atoms with Crippen LogP contribution >= 0.6 is 0 Å². The maximum atomic E-state index is 12.1. The van der Waals surface area contributed by atoms with Crippen molar-refractivity contribution in [3.63, 3.8) is 0 Å². The van der Waals surface area contributed by atoms with Gasteiger partial charge in [-0.1, -0.05) is 117 Å². The number of esters is 1. The Bertz CT molecular complexity index is 653. The van der Waals surface area contributed by atoms with Crippen LogP contribution in [-0.2, 0) is 23.1 Å². The molecule has 0 amide bonds. The molecule has 0 atom stereocenters. The third-order valence-electron chi connectivity index (χ3n) is 6.74. The van der Waals surface area contributed by atoms with E-state index in [1.54, 1.807) is 0 Å².